The van der Waals surface area contributed by atoms with Crippen molar-refractivity contribution in [1.29, 1.82) is 0 Å². The summed E-state index contributed by atoms with van der Waals surface area (Å²) in [5, 5.41) is 0.308. The fourth-order valence-corrected chi connectivity index (χ4v) is 4.34. The van der Waals surface area contributed by atoms with Gasteiger partial charge in [0.25, 0.3) is 10.0 Å². The molecule has 0 saturated carbocycles. The van der Waals surface area contributed by atoms with Crippen molar-refractivity contribution in [2.45, 2.75) is 11.8 Å². The standard InChI is InChI=1S/C19H13ClF2N4O2S/c1-10-7-13-18(23-9-24-19(13)25-10)12-6-5-11(8-15(12)21)26-29(27,28)16-4-2-3-14(20)17(16)22/h2-9,26H,1H3,(H,23,24,25). The van der Waals surface area contributed by atoms with Gasteiger partial charge in [0, 0.05) is 16.6 Å². The molecule has 0 saturated heterocycles. The van der Waals surface area contributed by atoms with Gasteiger partial charge in [-0.25, -0.2) is 27.2 Å². The Kier molecular flexibility index (Phi) is 4.71. The summed E-state index contributed by atoms with van der Waals surface area (Å²) in [5.74, 6) is -1.78. The summed E-state index contributed by atoms with van der Waals surface area (Å²) in [6.07, 6.45) is 1.31. The fraction of sp³-hybridized carbons (Fsp3) is 0.0526. The van der Waals surface area contributed by atoms with Crippen LogP contribution >= 0.6 is 11.6 Å². The van der Waals surface area contributed by atoms with Crippen molar-refractivity contribution in [2.75, 3.05) is 4.72 Å². The third-order valence-electron chi connectivity index (χ3n) is 4.24. The van der Waals surface area contributed by atoms with Gasteiger partial charge in [-0.2, -0.15) is 0 Å². The van der Waals surface area contributed by atoms with E-state index in [2.05, 4.69) is 19.7 Å². The van der Waals surface area contributed by atoms with E-state index in [0.29, 0.717) is 16.7 Å². The topological polar surface area (TPSA) is 87.7 Å². The number of aromatic nitrogens is 3. The van der Waals surface area contributed by atoms with Crippen LogP contribution in [-0.4, -0.2) is 23.4 Å². The van der Waals surface area contributed by atoms with E-state index in [-0.39, 0.29) is 16.3 Å². The minimum absolute atomic E-state index is 0.0684. The van der Waals surface area contributed by atoms with Gasteiger partial charge in [-0.15, -0.1) is 0 Å². The van der Waals surface area contributed by atoms with Crippen LogP contribution in [0.2, 0.25) is 5.02 Å². The number of halogens is 3. The molecule has 0 amide bonds. The zero-order valence-electron chi connectivity index (χ0n) is 14.9. The van der Waals surface area contributed by atoms with Crippen LogP contribution in [0.4, 0.5) is 14.5 Å². The van der Waals surface area contributed by atoms with Crippen molar-refractivity contribution in [1.82, 2.24) is 15.0 Å². The van der Waals surface area contributed by atoms with Crippen LogP contribution in [0.5, 0.6) is 0 Å². The average Bonchev–Trinajstić information content (AvgIpc) is 3.04. The Hall–Kier alpha value is -3.04. The van der Waals surface area contributed by atoms with E-state index < -0.39 is 26.6 Å². The van der Waals surface area contributed by atoms with Crippen molar-refractivity contribution in [3.63, 3.8) is 0 Å². The molecule has 29 heavy (non-hydrogen) atoms. The maximum atomic E-state index is 14.8. The van der Waals surface area contributed by atoms with Crippen LogP contribution in [0.25, 0.3) is 22.3 Å². The Morgan fingerprint density at radius 3 is 2.66 bits per heavy atom. The Morgan fingerprint density at radius 1 is 1.10 bits per heavy atom. The fourth-order valence-electron chi connectivity index (χ4n) is 2.96. The van der Waals surface area contributed by atoms with Gasteiger partial charge in [-0.3, -0.25) is 4.72 Å². The van der Waals surface area contributed by atoms with E-state index in [4.69, 9.17) is 11.6 Å². The van der Waals surface area contributed by atoms with Crippen molar-refractivity contribution < 1.29 is 17.2 Å². The summed E-state index contributed by atoms with van der Waals surface area (Å²) in [7, 11) is -4.30. The van der Waals surface area contributed by atoms with Crippen molar-refractivity contribution in [3.05, 3.63) is 71.1 Å². The monoisotopic (exact) mass is 434 g/mol. The first-order valence-corrected chi connectivity index (χ1v) is 10.2. The molecule has 0 atom stereocenters. The maximum Gasteiger partial charge on any atom is 0.264 e. The molecule has 0 aliphatic rings. The SMILES string of the molecule is Cc1cc2c(-c3ccc(NS(=O)(=O)c4cccc(Cl)c4F)cc3F)ncnc2[nH]1. The molecule has 4 rings (SSSR count). The number of aromatic amines is 1. The maximum absolute atomic E-state index is 14.8. The molecule has 148 valence electrons. The zero-order chi connectivity index (χ0) is 20.8. The normalized spacial score (nSPS) is 11.7. The summed E-state index contributed by atoms with van der Waals surface area (Å²) < 4.78 is 55.9. The third kappa shape index (κ3) is 3.54. The van der Waals surface area contributed by atoms with Gasteiger partial charge in [0.15, 0.2) is 5.82 Å². The summed E-state index contributed by atoms with van der Waals surface area (Å²) in [4.78, 5) is 10.7. The minimum atomic E-state index is -4.30. The average molecular weight is 435 g/mol. The molecule has 2 N–H and O–H groups in total. The second kappa shape index (κ2) is 7.09. The third-order valence-corrected chi connectivity index (χ3v) is 5.93. The molecular formula is C19H13ClF2N4O2S. The highest BCUT2D eigenvalue weighted by molar-refractivity contribution is 7.92. The molecule has 0 fully saturated rings. The van der Waals surface area contributed by atoms with E-state index in [9.17, 15) is 17.2 Å². The van der Waals surface area contributed by atoms with Crippen LogP contribution < -0.4 is 4.72 Å². The minimum Gasteiger partial charge on any atom is -0.343 e. The van der Waals surface area contributed by atoms with Crippen LogP contribution in [0.15, 0.2) is 53.7 Å². The zero-order valence-corrected chi connectivity index (χ0v) is 16.4. The van der Waals surface area contributed by atoms with Crippen LogP contribution in [0.3, 0.4) is 0 Å². The van der Waals surface area contributed by atoms with Crippen molar-refractivity contribution in [3.8, 4) is 11.3 Å². The number of fused-ring (bicyclic) bond motifs is 1. The molecule has 0 bridgehead atoms. The molecule has 0 unspecified atom stereocenters. The van der Waals surface area contributed by atoms with Gasteiger partial charge in [0.1, 0.15) is 22.7 Å². The molecule has 0 spiro atoms. The highest BCUT2D eigenvalue weighted by Gasteiger charge is 2.22. The summed E-state index contributed by atoms with van der Waals surface area (Å²) in [6, 6.07) is 9.17. The number of nitrogens with zero attached hydrogens (tertiary/aromatic N) is 2. The van der Waals surface area contributed by atoms with Gasteiger partial charge in [0.2, 0.25) is 0 Å². The smallest absolute Gasteiger partial charge is 0.264 e. The molecule has 2 aromatic heterocycles. The summed E-state index contributed by atoms with van der Waals surface area (Å²) in [6.45, 7) is 1.84. The molecule has 0 radical (unpaired) electrons. The first-order valence-electron chi connectivity index (χ1n) is 8.33. The number of hydrogen-bond acceptors (Lipinski definition) is 4. The van der Waals surface area contributed by atoms with Gasteiger partial charge < -0.3 is 4.98 Å². The number of nitrogens with one attached hydrogen (secondary N) is 2. The van der Waals surface area contributed by atoms with E-state index >= 15 is 0 Å². The molecule has 4 aromatic rings. The second-order valence-electron chi connectivity index (χ2n) is 6.29. The molecular weight excluding hydrogens is 422 g/mol. The van der Waals surface area contributed by atoms with Gasteiger partial charge in [-0.05, 0) is 43.3 Å². The lowest BCUT2D eigenvalue weighted by atomic mass is 10.1. The molecule has 2 aromatic carbocycles. The van der Waals surface area contributed by atoms with Crippen molar-refractivity contribution in [2.24, 2.45) is 0 Å². The number of hydrogen-bond donors (Lipinski definition) is 2. The number of aryl methyl sites for hydroxylation is 1. The first kappa shape index (κ1) is 19.3. The molecule has 0 aliphatic carbocycles. The number of benzene rings is 2. The predicted molar refractivity (Wildman–Crippen MR) is 106 cm³/mol. The van der Waals surface area contributed by atoms with E-state index in [1.165, 1.54) is 30.6 Å². The highest BCUT2D eigenvalue weighted by atomic mass is 35.5. The van der Waals surface area contributed by atoms with Crippen molar-refractivity contribution >= 4 is 38.3 Å². The van der Waals surface area contributed by atoms with Gasteiger partial charge in [-0.1, -0.05) is 17.7 Å². The first-order chi connectivity index (χ1) is 13.8. The summed E-state index contributed by atoms with van der Waals surface area (Å²) >= 11 is 5.64. The summed E-state index contributed by atoms with van der Waals surface area (Å²) in [5.41, 5.74) is 1.88. The predicted octanol–water partition coefficient (Wildman–Crippen LogP) is 4.67. The number of H-pyrrole nitrogens is 1. The number of sulfonamides is 1. The molecule has 0 aliphatic heterocycles. The van der Waals surface area contributed by atoms with E-state index in [1.54, 1.807) is 6.07 Å². The lowest BCUT2D eigenvalue weighted by Gasteiger charge is -2.11. The molecule has 2 heterocycles. The van der Waals surface area contributed by atoms with Gasteiger partial charge >= 0.3 is 0 Å². The molecule has 6 nitrogen and oxygen atoms in total. The molecule has 10 heteroatoms. The van der Waals surface area contributed by atoms with E-state index in [1.807, 2.05) is 6.92 Å². The Balaban J connectivity index is 1.71. The number of rotatable bonds is 4. The quantitative estimate of drug-likeness (QED) is 0.488. The Labute approximate surface area is 169 Å². The van der Waals surface area contributed by atoms with Crippen LogP contribution in [0, 0.1) is 18.6 Å². The Morgan fingerprint density at radius 2 is 1.90 bits per heavy atom. The second-order valence-corrected chi connectivity index (χ2v) is 8.35. The van der Waals surface area contributed by atoms with E-state index in [0.717, 1.165) is 17.8 Å². The highest BCUT2D eigenvalue weighted by Crippen LogP contribution is 2.30. The van der Waals surface area contributed by atoms with Gasteiger partial charge in [0.05, 0.1) is 16.4 Å². The Bertz CT molecular complexity index is 1360. The largest absolute Gasteiger partial charge is 0.343 e. The number of anilines is 1. The lowest BCUT2D eigenvalue weighted by Crippen LogP contribution is -2.15. The lowest BCUT2D eigenvalue weighted by molar-refractivity contribution is 0.570. The van der Waals surface area contributed by atoms with Crippen LogP contribution in [-0.2, 0) is 10.0 Å². The van der Waals surface area contributed by atoms with Crippen LogP contribution in [0.1, 0.15) is 5.69 Å².